The third kappa shape index (κ3) is 8.45. The highest BCUT2D eigenvalue weighted by molar-refractivity contribution is 5.88. The van der Waals surface area contributed by atoms with Crippen LogP contribution in [-0.4, -0.2) is 48.7 Å². The number of allylic oxidation sites excluding steroid dienone is 1. The molecular formula is C12H21NO4. The number of aliphatic carboxylic acids is 1. The van der Waals surface area contributed by atoms with Crippen LogP contribution >= 0.6 is 0 Å². The lowest BCUT2D eigenvalue weighted by atomic mass is 10.2. The van der Waals surface area contributed by atoms with Crippen LogP contribution in [0.3, 0.4) is 0 Å². The third-order valence-corrected chi connectivity index (χ3v) is 2.10. The molecule has 0 aliphatic carbocycles. The number of amides is 1. The van der Waals surface area contributed by atoms with Gasteiger partial charge in [-0.1, -0.05) is 5.57 Å². The van der Waals surface area contributed by atoms with E-state index in [9.17, 15) is 9.59 Å². The molecule has 1 N–H and O–H groups in total. The van der Waals surface area contributed by atoms with Gasteiger partial charge in [-0.25, -0.2) is 0 Å². The summed E-state index contributed by atoms with van der Waals surface area (Å²) in [6.07, 6.45) is 2.20. The molecule has 0 fully saturated rings. The number of carboxylic acid groups (broad SMARTS) is 1. The fourth-order valence-corrected chi connectivity index (χ4v) is 1.30. The maximum Gasteiger partial charge on any atom is 0.305 e. The lowest BCUT2D eigenvalue weighted by Gasteiger charge is -2.20. The number of carbonyl (C=O) groups is 2. The molecule has 5 heteroatoms. The zero-order valence-electron chi connectivity index (χ0n) is 10.7. The van der Waals surface area contributed by atoms with Crippen molar-refractivity contribution in [3.8, 4) is 0 Å². The van der Waals surface area contributed by atoms with E-state index in [1.54, 1.807) is 12.0 Å². The first-order valence-electron chi connectivity index (χ1n) is 5.62. The van der Waals surface area contributed by atoms with Crippen molar-refractivity contribution in [3.63, 3.8) is 0 Å². The second kappa shape index (κ2) is 8.75. The SMILES string of the molecule is COCCCN(CCC(=O)O)C(=O)C=C(C)C. The van der Waals surface area contributed by atoms with Crippen LogP contribution in [0.4, 0.5) is 0 Å². The van der Waals surface area contributed by atoms with Gasteiger partial charge >= 0.3 is 5.97 Å². The van der Waals surface area contributed by atoms with E-state index in [0.29, 0.717) is 19.6 Å². The number of carboxylic acids is 1. The van der Waals surface area contributed by atoms with Gasteiger partial charge < -0.3 is 14.7 Å². The predicted molar refractivity (Wildman–Crippen MR) is 64.8 cm³/mol. The average Bonchev–Trinajstić information content (AvgIpc) is 2.21. The minimum atomic E-state index is -0.897. The zero-order chi connectivity index (χ0) is 13.3. The second-order valence-electron chi connectivity index (χ2n) is 4.04. The molecule has 0 saturated heterocycles. The number of ether oxygens (including phenoxy) is 1. The van der Waals surface area contributed by atoms with Crippen LogP contribution in [0.5, 0.6) is 0 Å². The monoisotopic (exact) mass is 243 g/mol. The highest BCUT2D eigenvalue weighted by Crippen LogP contribution is 2.00. The van der Waals surface area contributed by atoms with Crippen LogP contribution in [0.15, 0.2) is 11.6 Å². The number of rotatable bonds is 8. The van der Waals surface area contributed by atoms with Gasteiger partial charge in [-0.15, -0.1) is 0 Å². The van der Waals surface area contributed by atoms with E-state index >= 15 is 0 Å². The van der Waals surface area contributed by atoms with E-state index in [1.807, 2.05) is 13.8 Å². The first-order valence-corrected chi connectivity index (χ1v) is 5.62. The van der Waals surface area contributed by atoms with E-state index < -0.39 is 5.97 Å². The lowest BCUT2D eigenvalue weighted by Crippen LogP contribution is -2.33. The fourth-order valence-electron chi connectivity index (χ4n) is 1.30. The molecule has 0 atom stereocenters. The summed E-state index contributed by atoms with van der Waals surface area (Å²) in [6, 6.07) is 0. The Hall–Kier alpha value is -1.36. The van der Waals surface area contributed by atoms with Gasteiger partial charge in [-0.3, -0.25) is 9.59 Å². The Morgan fingerprint density at radius 3 is 2.41 bits per heavy atom. The Labute approximate surface area is 102 Å². The van der Waals surface area contributed by atoms with Crippen molar-refractivity contribution in [2.24, 2.45) is 0 Å². The standard InChI is InChI=1S/C12H21NO4/c1-10(2)9-11(14)13(6-4-8-17-3)7-5-12(15)16/h9H,4-8H2,1-3H3,(H,15,16). The van der Waals surface area contributed by atoms with Gasteiger partial charge in [0.15, 0.2) is 0 Å². The highest BCUT2D eigenvalue weighted by Gasteiger charge is 2.12. The average molecular weight is 243 g/mol. The Kier molecular flexibility index (Phi) is 8.05. The van der Waals surface area contributed by atoms with E-state index in [1.165, 1.54) is 6.08 Å². The predicted octanol–water partition coefficient (Wildman–Crippen LogP) is 1.29. The molecule has 0 aliphatic rings. The third-order valence-electron chi connectivity index (χ3n) is 2.10. The molecule has 0 aliphatic heterocycles. The molecule has 0 radical (unpaired) electrons. The molecule has 98 valence electrons. The van der Waals surface area contributed by atoms with Crippen LogP contribution in [0.1, 0.15) is 26.7 Å². The van der Waals surface area contributed by atoms with Gasteiger partial charge in [0, 0.05) is 32.9 Å². The van der Waals surface area contributed by atoms with Crippen LogP contribution < -0.4 is 0 Å². The molecule has 0 bridgehead atoms. The van der Waals surface area contributed by atoms with Crippen molar-refractivity contribution in [1.29, 1.82) is 0 Å². The Balaban J connectivity index is 4.32. The topological polar surface area (TPSA) is 66.8 Å². The molecular weight excluding hydrogens is 222 g/mol. The fraction of sp³-hybridized carbons (Fsp3) is 0.667. The number of methoxy groups -OCH3 is 1. The van der Waals surface area contributed by atoms with Crippen LogP contribution in [0.25, 0.3) is 0 Å². The molecule has 0 aromatic carbocycles. The van der Waals surface area contributed by atoms with Crippen molar-refractivity contribution in [3.05, 3.63) is 11.6 Å². The minimum Gasteiger partial charge on any atom is -0.481 e. The summed E-state index contributed by atoms with van der Waals surface area (Å²) in [5.41, 5.74) is 0.905. The van der Waals surface area contributed by atoms with Gasteiger partial charge in [-0.2, -0.15) is 0 Å². The maximum absolute atomic E-state index is 11.8. The molecule has 0 aromatic heterocycles. The van der Waals surface area contributed by atoms with Gasteiger partial charge in [0.1, 0.15) is 0 Å². The van der Waals surface area contributed by atoms with Gasteiger partial charge in [0.25, 0.3) is 0 Å². The molecule has 0 unspecified atom stereocenters. The van der Waals surface area contributed by atoms with Gasteiger partial charge in [0.05, 0.1) is 6.42 Å². The molecule has 5 nitrogen and oxygen atoms in total. The molecule has 0 aromatic rings. The minimum absolute atomic E-state index is 0.0324. The number of carbonyl (C=O) groups excluding carboxylic acids is 1. The summed E-state index contributed by atoms with van der Waals surface area (Å²) < 4.78 is 4.91. The quantitative estimate of drug-likeness (QED) is 0.515. The van der Waals surface area contributed by atoms with E-state index in [2.05, 4.69) is 0 Å². The molecule has 17 heavy (non-hydrogen) atoms. The summed E-state index contributed by atoms with van der Waals surface area (Å²) in [6.45, 7) is 4.99. The zero-order valence-corrected chi connectivity index (χ0v) is 10.7. The molecule has 1 amide bonds. The van der Waals surface area contributed by atoms with E-state index in [4.69, 9.17) is 9.84 Å². The Morgan fingerprint density at radius 2 is 1.94 bits per heavy atom. The van der Waals surface area contributed by atoms with E-state index in [0.717, 1.165) is 5.57 Å². The summed E-state index contributed by atoms with van der Waals surface area (Å²) in [5, 5.41) is 8.62. The van der Waals surface area contributed by atoms with Crippen LogP contribution in [0.2, 0.25) is 0 Å². The molecule has 0 heterocycles. The summed E-state index contributed by atoms with van der Waals surface area (Å²) >= 11 is 0. The van der Waals surface area contributed by atoms with Crippen molar-refractivity contribution >= 4 is 11.9 Å². The summed E-state index contributed by atoms with van der Waals surface area (Å²) in [4.78, 5) is 23.8. The Bertz CT molecular complexity index is 282. The molecule has 0 rings (SSSR count). The molecule has 0 saturated carbocycles. The smallest absolute Gasteiger partial charge is 0.305 e. The largest absolute Gasteiger partial charge is 0.481 e. The number of hydrogen-bond acceptors (Lipinski definition) is 3. The van der Waals surface area contributed by atoms with Crippen LogP contribution in [0, 0.1) is 0 Å². The number of nitrogens with zero attached hydrogens (tertiary/aromatic N) is 1. The van der Waals surface area contributed by atoms with Gasteiger partial charge in [-0.05, 0) is 20.3 Å². The normalized spacial score (nSPS) is 9.82. The Morgan fingerprint density at radius 1 is 1.29 bits per heavy atom. The first-order chi connectivity index (χ1) is 7.97. The van der Waals surface area contributed by atoms with Crippen molar-refractivity contribution in [1.82, 2.24) is 4.90 Å². The molecule has 0 spiro atoms. The number of hydrogen-bond donors (Lipinski definition) is 1. The van der Waals surface area contributed by atoms with Crippen molar-refractivity contribution < 1.29 is 19.4 Å². The highest BCUT2D eigenvalue weighted by atomic mass is 16.5. The second-order valence-corrected chi connectivity index (χ2v) is 4.04. The first kappa shape index (κ1) is 15.6. The maximum atomic E-state index is 11.8. The van der Waals surface area contributed by atoms with E-state index in [-0.39, 0.29) is 18.9 Å². The van der Waals surface area contributed by atoms with Gasteiger partial charge in [0.2, 0.25) is 5.91 Å². The van der Waals surface area contributed by atoms with Crippen LogP contribution in [-0.2, 0) is 14.3 Å². The summed E-state index contributed by atoms with van der Waals surface area (Å²) in [5.74, 6) is -1.03. The van der Waals surface area contributed by atoms with Crippen molar-refractivity contribution in [2.45, 2.75) is 26.7 Å². The van der Waals surface area contributed by atoms with Crippen molar-refractivity contribution in [2.75, 3.05) is 26.8 Å². The lowest BCUT2D eigenvalue weighted by molar-refractivity contribution is -0.138. The summed E-state index contributed by atoms with van der Waals surface area (Å²) in [7, 11) is 1.60.